The van der Waals surface area contributed by atoms with Crippen molar-refractivity contribution in [1.29, 1.82) is 0 Å². The number of benzene rings is 2. The molecule has 11 nitrogen and oxygen atoms in total. The number of nitrogens with one attached hydrogen (secondary N) is 3. The molecule has 4 aromatic rings. The van der Waals surface area contributed by atoms with E-state index in [2.05, 4.69) is 16.0 Å². The van der Waals surface area contributed by atoms with Crippen molar-refractivity contribution in [1.82, 2.24) is 20.2 Å². The highest BCUT2D eigenvalue weighted by Gasteiger charge is 2.30. The van der Waals surface area contributed by atoms with Crippen molar-refractivity contribution in [2.24, 2.45) is 13.0 Å². The SMILES string of the molecule is COc1cc2c(c(OC)c1OC)-c1ccc(N[C@@H](CC(C)C)C(=O)NCCc3nc4ccccc4n3C)c(=O)cc1[C@@H](NC(C)=O)CC2. The molecular formula is C37H45N5O6. The first-order valence-electron chi connectivity index (χ1n) is 16.3. The Labute approximate surface area is 281 Å². The third kappa shape index (κ3) is 7.10. The fourth-order valence-electron chi connectivity index (χ4n) is 6.56. The van der Waals surface area contributed by atoms with Gasteiger partial charge in [-0.1, -0.05) is 32.0 Å². The Balaban J connectivity index is 1.49. The zero-order valence-electron chi connectivity index (χ0n) is 28.7. The maximum atomic E-state index is 13.9. The smallest absolute Gasteiger partial charge is 0.242 e. The highest BCUT2D eigenvalue weighted by atomic mass is 16.5. The number of fused-ring (bicyclic) bond motifs is 4. The summed E-state index contributed by atoms with van der Waals surface area (Å²) in [6.45, 7) is 5.93. The lowest BCUT2D eigenvalue weighted by atomic mass is 9.95. The van der Waals surface area contributed by atoms with Gasteiger partial charge >= 0.3 is 0 Å². The lowest BCUT2D eigenvalue weighted by Crippen LogP contribution is -2.42. The second kappa shape index (κ2) is 14.8. The Hall–Kier alpha value is -5.06. The summed E-state index contributed by atoms with van der Waals surface area (Å²) >= 11 is 0. The maximum Gasteiger partial charge on any atom is 0.242 e. The zero-order chi connectivity index (χ0) is 34.5. The minimum Gasteiger partial charge on any atom is -0.493 e. The molecule has 0 fully saturated rings. The van der Waals surface area contributed by atoms with Crippen LogP contribution in [-0.2, 0) is 29.5 Å². The molecule has 1 aliphatic carbocycles. The summed E-state index contributed by atoms with van der Waals surface area (Å²) < 4.78 is 19.2. The van der Waals surface area contributed by atoms with E-state index in [4.69, 9.17) is 19.2 Å². The summed E-state index contributed by atoms with van der Waals surface area (Å²) in [5, 5.41) is 9.34. The van der Waals surface area contributed by atoms with Crippen LogP contribution in [0.1, 0.15) is 56.6 Å². The summed E-state index contributed by atoms with van der Waals surface area (Å²) in [5.74, 6) is 2.09. The molecule has 0 radical (unpaired) electrons. The normalized spacial score (nSPS) is 14.4. The summed E-state index contributed by atoms with van der Waals surface area (Å²) in [4.78, 5) is 44.5. The number of carbonyl (C=O) groups excluding carboxylic acids is 2. The van der Waals surface area contributed by atoms with Gasteiger partial charge in [0, 0.05) is 32.5 Å². The van der Waals surface area contributed by atoms with Crippen LogP contribution in [0.15, 0.2) is 53.3 Å². The van der Waals surface area contributed by atoms with Crippen LogP contribution in [0.25, 0.3) is 22.2 Å². The van der Waals surface area contributed by atoms with Crippen LogP contribution in [0.4, 0.5) is 5.69 Å². The molecule has 0 bridgehead atoms. The van der Waals surface area contributed by atoms with Crippen molar-refractivity contribution in [2.75, 3.05) is 33.2 Å². The third-order valence-electron chi connectivity index (χ3n) is 8.80. The number of rotatable bonds is 12. The summed E-state index contributed by atoms with van der Waals surface area (Å²) in [5.41, 5.74) is 5.00. The first kappa shape index (κ1) is 34.3. The number of hydrogen-bond donors (Lipinski definition) is 3. The van der Waals surface area contributed by atoms with Crippen LogP contribution < -0.4 is 35.6 Å². The van der Waals surface area contributed by atoms with Crippen molar-refractivity contribution in [3.8, 4) is 28.4 Å². The molecule has 254 valence electrons. The van der Waals surface area contributed by atoms with Crippen molar-refractivity contribution in [3.63, 3.8) is 0 Å². The minimum atomic E-state index is -0.655. The largest absolute Gasteiger partial charge is 0.493 e. The molecule has 3 aromatic carbocycles. The van der Waals surface area contributed by atoms with Gasteiger partial charge in [-0.25, -0.2) is 4.98 Å². The molecule has 0 aliphatic heterocycles. The van der Waals surface area contributed by atoms with Crippen molar-refractivity contribution in [2.45, 2.75) is 58.5 Å². The van der Waals surface area contributed by atoms with E-state index in [1.807, 2.05) is 61.9 Å². The first-order chi connectivity index (χ1) is 23.1. The number of anilines is 1. The predicted octanol–water partition coefficient (Wildman–Crippen LogP) is 4.94. The summed E-state index contributed by atoms with van der Waals surface area (Å²) in [6.07, 6.45) is 2.22. The minimum absolute atomic E-state index is 0.181. The Morgan fingerprint density at radius 3 is 2.44 bits per heavy atom. The number of carbonyl (C=O) groups is 2. The van der Waals surface area contributed by atoms with Crippen LogP contribution in [0.5, 0.6) is 17.2 Å². The van der Waals surface area contributed by atoms with Gasteiger partial charge in [-0.05, 0) is 72.2 Å². The van der Waals surface area contributed by atoms with Crippen molar-refractivity contribution >= 4 is 28.5 Å². The molecule has 0 saturated heterocycles. The van der Waals surface area contributed by atoms with Crippen molar-refractivity contribution < 1.29 is 23.8 Å². The Morgan fingerprint density at radius 2 is 1.77 bits per heavy atom. The number of para-hydroxylation sites is 2. The number of ether oxygens (including phenoxy) is 3. The van der Waals surface area contributed by atoms with Gasteiger partial charge in [-0.2, -0.15) is 0 Å². The second-order valence-corrected chi connectivity index (χ2v) is 12.5. The number of aromatic nitrogens is 2. The highest BCUT2D eigenvalue weighted by molar-refractivity contribution is 5.86. The van der Waals surface area contributed by atoms with E-state index in [1.165, 1.54) is 6.92 Å². The quantitative estimate of drug-likeness (QED) is 0.196. The molecule has 1 aromatic heterocycles. The third-order valence-corrected chi connectivity index (χ3v) is 8.80. The molecule has 2 atom stereocenters. The standard InChI is InChI=1S/C37H45N5O6/c1-21(2)18-29(37(45)38-17-16-33-41-27-10-8-9-11-30(27)42(33)4)40-28-15-13-24-25(20-31(28)44)26(39-22(3)43)14-12-23-19-32(46-5)35(47-6)36(48-7)34(23)24/h8-11,13,15,19-21,26,29H,12,14,16-18H2,1-7H3,(H,38,45)(H,39,43)(H,40,44)/t26-,29-/m0/s1. The monoisotopic (exact) mass is 655 g/mol. The fraction of sp³-hybridized carbons (Fsp3) is 0.405. The van der Waals surface area contributed by atoms with E-state index >= 15 is 0 Å². The van der Waals surface area contributed by atoms with Gasteiger partial charge in [0.15, 0.2) is 11.5 Å². The second-order valence-electron chi connectivity index (χ2n) is 12.5. The van der Waals surface area contributed by atoms with Crippen LogP contribution >= 0.6 is 0 Å². The fourth-order valence-corrected chi connectivity index (χ4v) is 6.56. The number of methoxy groups -OCH3 is 3. The van der Waals surface area contributed by atoms with Gasteiger partial charge in [0.2, 0.25) is 23.0 Å². The number of aryl methyl sites for hydroxylation is 2. The number of amides is 2. The number of hydrogen-bond acceptors (Lipinski definition) is 8. The molecular weight excluding hydrogens is 610 g/mol. The molecule has 5 rings (SSSR count). The first-order valence-corrected chi connectivity index (χ1v) is 16.3. The average Bonchev–Trinajstić information content (AvgIpc) is 3.19. The van der Waals surface area contributed by atoms with Crippen LogP contribution in [0.2, 0.25) is 0 Å². The highest BCUT2D eigenvalue weighted by Crippen LogP contribution is 2.50. The Bertz CT molecular complexity index is 1880. The predicted molar refractivity (Wildman–Crippen MR) is 187 cm³/mol. The number of imidazole rings is 1. The lowest BCUT2D eigenvalue weighted by molar-refractivity contribution is -0.122. The van der Waals surface area contributed by atoms with E-state index in [0.29, 0.717) is 55.0 Å². The van der Waals surface area contributed by atoms with Crippen LogP contribution in [0, 0.1) is 5.92 Å². The van der Waals surface area contributed by atoms with Gasteiger partial charge in [-0.3, -0.25) is 14.4 Å². The Morgan fingerprint density at radius 1 is 1.02 bits per heavy atom. The van der Waals surface area contributed by atoms with E-state index in [0.717, 1.165) is 33.5 Å². The van der Waals surface area contributed by atoms with E-state index in [-0.39, 0.29) is 28.8 Å². The number of nitrogens with zero attached hydrogens (tertiary/aromatic N) is 2. The van der Waals surface area contributed by atoms with Gasteiger partial charge in [0.1, 0.15) is 11.9 Å². The topological polar surface area (TPSA) is 133 Å². The lowest BCUT2D eigenvalue weighted by Gasteiger charge is -2.20. The molecule has 0 saturated carbocycles. The van der Waals surface area contributed by atoms with Gasteiger partial charge < -0.3 is 34.7 Å². The van der Waals surface area contributed by atoms with E-state index in [9.17, 15) is 14.4 Å². The van der Waals surface area contributed by atoms with Crippen molar-refractivity contribution in [3.05, 3.63) is 75.7 Å². The van der Waals surface area contributed by atoms with Crippen LogP contribution in [0.3, 0.4) is 0 Å². The Kier molecular flexibility index (Phi) is 10.6. The van der Waals surface area contributed by atoms with Gasteiger partial charge in [0.05, 0.1) is 44.1 Å². The molecule has 1 aliphatic rings. The maximum absolute atomic E-state index is 13.9. The van der Waals surface area contributed by atoms with Gasteiger partial charge in [-0.15, -0.1) is 0 Å². The van der Waals surface area contributed by atoms with E-state index < -0.39 is 12.1 Å². The van der Waals surface area contributed by atoms with Crippen LogP contribution in [-0.4, -0.2) is 55.3 Å². The molecule has 2 amide bonds. The molecule has 48 heavy (non-hydrogen) atoms. The molecule has 0 spiro atoms. The molecule has 0 unspecified atom stereocenters. The summed E-state index contributed by atoms with van der Waals surface area (Å²) in [6, 6.07) is 13.9. The molecule has 11 heteroatoms. The van der Waals surface area contributed by atoms with Gasteiger partial charge in [0.25, 0.3) is 0 Å². The summed E-state index contributed by atoms with van der Waals surface area (Å²) in [7, 11) is 6.65. The zero-order valence-corrected chi connectivity index (χ0v) is 28.7. The molecule has 3 N–H and O–H groups in total. The van der Waals surface area contributed by atoms with E-state index in [1.54, 1.807) is 33.5 Å². The average molecular weight is 656 g/mol. The molecule has 1 heterocycles.